The zero-order chi connectivity index (χ0) is 24.3. The number of carboxylic acid groups (broad SMARTS) is 1. The first-order valence-electron chi connectivity index (χ1n) is 11.5. The van der Waals surface area contributed by atoms with Gasteiger partial charge in [0.25, 0.3) is 0 Å². The van der Waals surface area contributed by atoms with Crippen molar-refractivity contribution in [3.63, 3.8) is 0 Å². The molecular weight excluding hydrogens is 410 g/mol. The molecule has 1 rings (SSSR count). The summed E-state index contributed by atoms with van der Waals surface area (Å²) in [6.45, 7) is 9.08. The molecule has 0 saturated heterocycles. The van der Waals surface area contributed by atoms with E-state index in [9.17, 15) is 15.0 Å². The Hall–Kier alpha value is -1.83. The van der Waals surface area contributed by atoms with E-state index in [-0.39, 0.29) is 12.3 Å². The van der Waals surface area contributed by atoms with Crippen molar-refractivity contribution >= 4 is 5.97 Å². The quantitative estimate of drug-likeness (QED) is 0.326. The maximum atomic E-state index is 11.6. The molecule has 0 bridgehead atoms. The summed E-state index contributed by atoms with van der Waals surface area (Å²) in [5.41, 5.74) is 5.81. The van der Waals surface area contributed by atoms with Crippen LogP contribution >= 0.6 is 0 Å². The number of carbonyl (C=O) groups is 1. The zero-order valence-electron chi connectivity index (χ0n) is 20.6. The lowest BCUT2D eigenvalue weighted by Crippen LogP contribution is -2.54. The van der Waals surface area contributed by atoms with Crippen LogP contribution in [-0.4, -0.2) is 55.3 Å². The summed E-state index contributed by atoms with van der Waals surface area (Å²) < 4.78 is 16.4. The molecule has 0 radical (unpaired) electrons. The van der Waals surface area contributed by atoms with Crippen LogP contribution in [0.15, 0.2) is 18.2 Å². The monoisotopic (exact) mass is 453 g/mol. The highest BCUT2D eigenvalue weighted by Crippen LogP contribution is 2.32. The van der Waals surface area contributed by atoms with Gasteiger partial charge in [0.2, 0.25) is 0 Å². The van der Waals surface area contributed by atoms with Crippen LogP contribution in [0.4, 0.5) is 0 Å². The summed E-state index contributed by atoms with van der Waals surface area (Å²) in [7, 11) is 3.29. The van der Waals surface area contributed by atoms with E-state index in [1.165, 1.54) is 0 Å². The normalized spacial score (nSPS) is 15.4. The molecule has 1 aromatic carbocycles. The number of aliphatic hydroxyl groups excluding tert-OH is 1. The second-order valence-corrected chi connectivity index (χ2v) is 9.32. The molecule has 0 aliphatic carbocycles. The molecule has 7 heteroatoms. The smallest absolute Gasteiger partial charge is 0.324 e. The predicted molar refractivity (Wildman–Crippen MR) is 126 cm³/mol. The van der Waals surface area contributed by atoms with Crippen LogP contribution in [0.3, 0.4) is 0 Å². The first kappa shape index (κ1) is 28.2. The molecule has 0 unspecified atom stereocenters. The van der Waals surface area contributed by atoms with Crippen molar-refractivity contribution in [1.29, 1.82) is 0 Å². The van der Waals surface area contributed by atoms with E-state index in [4.69, 9.17) is 19.9 Å². The Morgan fingerprint density at radius 3 is 2.31 bits per heavy atom. The Labute approximate surface area is 193 Å². The molecule has 0 amide bonds. The first-order chi connectivity index (χ1) is 15.0. The molecule has 0 saturated carbocycles. The van der Waals surface area contributed by atoms with Crippen LogP contribution in [0.1, 0.15) is 58.9 Å². The van der Waals surface area contributed by atoms with Crippen LogP contribution in [0.2, 0.25) is 0 Å². The summed E-state index contributed by atoms with van der Waals surface area (Å²) in [6.07, 6.45) is 2.22. The second-order valence-electron chi connectivity index (χ2n) is 9.32. The number of aliphatic carboxylic acids is 1. The van der Waals surface area contributed by atoms with Crippen molar-refractivity contribution < 1.29 is 29.2 Å². The van der Waals surface area contributed by atoms with Gasteiger partial charge in [0.05, 0.1) is 19.8 Å². The van der Waals surface area contributed by atoms with E-state index in [0.29, 0.717) is 37.2 Å². The maximum absolute atomic E-state index is 11.6. The van der Waals surface area contributed by atoms with Crippen LogP contribution in [0.5, 0.6) is 11.5 Å². The number of aliphatic hydroxyl groups is 1. The molecule has 0 aliphatic rings. The van der Waals surface area contributed by atoms with Gasteiger partial charge >= 0.3 is 5.97 Å². The van der Waals surface area contributed by atoms with Crippen molar-refractivity contribution in [2.75, 3.05) is 27.4 Å². The molecule has 4 N–H and O–H groups in total. The van der Waals surface area contributed by atoms with Crippen molar-refractivity contribution in [2.45, 2.75) is 71.4 Å². The molecule has 184 valence electrons. The van der Waals surface area contributed by atoms with E-state index in [1.54, 1.807) is 28.1 Å². The van der Waals surface area contributed by atoms with Gasteiger partial charge in [-0.05, 0) is 54.7 Å². The van der Waals surface area contributed by atoms with Gasteiger partial charge in [-0.15, -0.1) is 0 Å². The Morgan fingerprint density at radius 2 is 1.78 bits per heavy atom. The Morgan fingerprint density at radius 1 is 1.09 bits per heavy atom. The van der Waals surface area contributed by atoms with Crippen LogP contribution in [-0.2, 0) is 16.0 Å². The number of methoxy groups -OCH3 is 2. The molecule has 1 aromatic rings. The molecule has 0 aromatic heterocycles. The zero-order valence-corrected chi connectivity index (χ0v) is 20.6. The van der Waals surface area contributed by atoms with Gasteiger partial charge in [-0.3, -0.25) is 4.79 Å². The van der Waals surface area contributed by atoms with Crippen LogP contribution in [0, 0.1) is 17.8 Å². The summed E-state index contributed by atoms with van der Waals surface area (Å²) >= 11 is 0. The number of carboxylic acids is 1. The Balaban J connectivity index is 2.79. The number of rotatable bonds is 16. The summed E-state index contributed by atoms with van der Waals surface area (Å²) in [5, 5.41) is 20.0. The standard InChI is InChI=1S/C25H43NO6/c1-17(2)20(9-10-21(27)16-25(26,18(3)4)24(28)29)14-19-8-11-22(31-6)23(15-19)32-13-7-12-30-5/h8,11,15,17-18,20-21,27H,7,9-10,12-14,16,26H2,1-6H3,(H,28,29)/t20-,21-,25-/m0/s1. The third kappa shape index (κ3) is 8.60. The van der Waals surface area contributed by atoms with Gasteiger partial charge < -0.3 is 30.2 Å². The third-order valence-electron chi connectivity index (χ3n) is 6.29. The minimum atomic E-state index is -1.42. The van der Waals surface area contributed by atoms with Gasteiger partial charge in [-0.1, -0.05) is 33.8 Å². The Kier molecular flexibility index (Phi) is 12.0. The summed E-state index contributed by atoms with van der Waals surface area (Å²) in [5.74, 6) is 0.817. The second kappa shape index (κ2) is 13.7. The first-order valence-corrected chi connectivity index (χ1v) is 11.5. The lowest BCUT2D eigenvalue weighted by atomic mass is 9.79. The van der Waals surface area contributed by atoms with E-state index in [0.717, 1.165) is 30.6 Å². The molecule has 32 heavy (non-hydrogen) atoms. The minimum Gasteiger partial charge on any atom is -0.493 e. The van der Waals surface area contributed by atoms with Crippen molar-refractivity contribution in [2.24, 2.45) is 23.5 Å². The lowest BCUT2D eigenvalue weighted by Gasteiger charge is -2.31. The van der Waals surface area contributed by atoms with E-state index in [2.05, 4.69) is 13.8 Å². The summed E-state index contributed by atoms with van der Waals surface area (Å²) in [4.78, 5) is 11.6. The highest BCUT2D eigenvalue weighted by molar-refractivity contribution is 5.78. The third-order valence-corrected chi connectivity index (χ3v) is 6.29. The molecule has 0 heterocycles. The average molecular weight is 454 g/mol. The van der Waals surface area contributed by atoms with Gasteiger partial charge in [-0.25, -0.2) is 0 Å². The highest BCUT2D eigenvalue weighted by Gasteiger charge is 2.39. The summed E-state index contributed by atoms with van der Waals surface area (Å²) in [6, 6.07) is 5.98. The average Bonchev–Trinajstić information content (AvgIpc) is 2.73. The number of ether oxygens (including phenoxy) is 3. The largest absolute Gasteiger partial charge is 0.493 e. The minimum absolute atomic E-state index is 0.0484. The van der Waals surface area contributed by atoms with E-state index < -0.39 is 17.6 Å². The Bertz CT molecular complexity index is 693. The number of hydrogen-bond donors (Lipinski definition) is 3. The molecule has 7 nitrogen and oxygen atoms in total. The molecule has 0 fully saturated rings. The molecule has 3 atom stereocenters. The van der Waals surface area contributed by atoms with Gasteiger partial charge in [0.1, 0.15) is 5.54 Å². The van der Waals surface area contributed by atoms with Crippen LogP contribution < -0.4 is 15.2 Å². The lowest BCUT2D eigenvalue weighted by molar-refractivity contribution is -0.146. The molecule has 0 spiro atoms. The fourth-order valence-corrected chi connectivity index (χ4v) is 3.79. The van der Waals surface area contributed by atoms with Gasteiger partial charge in [-0.2, -0.15) is 0 Å². The number of nitrogens with two attached hydrogens (primary N) is 1. The highest BCUT2D eigenvalue weighted by atomic mass is 16.5. The van der Waals surface area contributed by atoms with E-state index >= 15 is 0 Å². The fraction of sp³-hybridized carbons (Fsp3) is 0.720. The van der Waals surface area contributed by atoms with Gasteiger partial charge in [0.15, 0.2) is 11.5 Å². The van der Waals surface area contributed by atoms with Crippen molar-refractivity contribution in [1.82, 2.24) is 0 Å². The van der Waals surface area contributed by atoms with Crippen molar-refractivity contribution in [3.05, 3.63) is 23.8 Å². The molecular formula is C25H43NO6. The maximum Gasteiger partial charge on any atom is 0.324 e. The SMILES string of the molecule is COCCCOc1cc(C[C@H](CC[C@H](O)C[C@@](N)(C(=O)O)C(C)C)C(C)C)ccc1OC. The molecule has 0 aliphatic heterocycles. The van der Waals surface area contributed by atoms with Crippen molar-refractivity contribution in [3.8, 4) is 11.5 Å². The van der Waals surface area contributed by atoms with E-state index in [1.807, 2.05) is 18.2 Å². The predicted octanol–water partition coefficient (Wildman–Crippen LogP) is 3.89. The van der Waals surface area contributed by atoms with Gasteiger partial charge in [0, 0.05) is 26.6 Å². The fourth-order valence-electron chi connectivity index (χ4n) is 3.79. The number of hydrogen-bond acceptors (Lipinski definition) is 6. The van der Waals surface area contributed by atoms with Crippen LogP contribution in [0.25, 0.3) is 0 Å². The topological polar surface area (TPSA) is 111 Å². The number of benzene rings is 1.